The van der Waals surface area contributed by atoms with Crippen LogP contribution in [0.15, 0.2) is 54.7 Å². The van der Waals surface area contributed by atoms with Crippen molar-refractivity contribution in [2.24, 2.45) is 7.05 Å². The molecule has 2 aromatic carbocycles. The lowest BCUT2D eigenvalue weighted by atomic mass is 10.1. The maximum atomic E-state index is 12.6. The van der Waals surface area contributed by atoms with E-state index in [0.29, 0.717) is 29.0 Å². The van der Waals surface area contributed by atoms with E-state index in [0.717, 1.165) is 54.3 Å². The molecule has 4 rings (SSSR count). The van der Waals surface area contributed by atoms with Crippen molar-refractivity contribution in [2.45, 2.75) is 19.9 Å². The van der Waals surface area contributed by atoms with Crippen LogP contribution in [-0.4, -0.2) is 65.8 Å². The maximum Gasteiger partial charge on any atom is 0.323 e. The second-order valence-corrected chi connectivity index (χ2v) is 9.33. The molecule has 1 aliphatic rings. The predicted molar refractivity (Wildman–Crippen MR) is 139 cm³/mol. The fraction of sp³-hybridized carbons (Fsp3) is 0.385. The number of urea groups is 1. The van der Waals surface area contributed by atoms with Gasteiger partial charge in [0.1, 0.15) is 31.5 Å². The summed E-state index contributed by atoms with van der Waals surface area (Å²) < 4.78 is 14.8. The van der Waals surface area contributed by atoms with Gasteiger partial charge in [-0.25, -0.2) is 4.79 Å². The molecule has 1 aliphatic heterocycles. The number of likely N-dealkylation sites (N-methyl/N-ethyl adjacent to an activating group) is 1. The maximum absolute atomic E-state index is 12.6. The number of anilines is 2. The molecule has 0 aliphatic carbocycles. The molecule has 2 N–H and O–H groups in total. The Balaban J connectivity index is 1.51. The van der Waals surface area contributed by atoms with Gasteiger partial charge < -0.3 is 24.6 Å². The minimum absolute atomic E-state index is 0.325. The summed E-state index contributed by atoms with van der Waals surface area (Å²) in [5.74, 6) is 0.756. The number of rotatable bonds is 8. The van der Waals surface area contributed by atoms with Crippen molar-refractivity contribution in [3.05, 3.63) is 59.8 Å². The van der Waals surface area contributed by atoms with E-state index in [4.69, 9.17) is 21.1 Å². The van der Waals surface area contributed by atoms with Crippen LogP contribution in [0.4, 0.5) is 16.2 Å². The highest BCUT2D eigenvalue weighted by atomic mass is 35.5. The molecular formula is C26H33ClN5O3+. The minimum atomic E-state index is -0.340. The van der Waals surface area contributed by atoms with Crippen molar-refractivity contribution >= 4 is 29.0 Å². The summed E-state index contributed by atoms with van der Waals surface area (Å²) in [6.45, 7) is 9.70. The van der Waals surface area contributed by atoms with Crippen molar-refractivity contribution in [3.63, 3.8) is 0 Å². The van der Waals surface area contributed by atoms with Gasteiger partial charge in [-0.05, 0) is 62.4 Å². The number of aryl methyl sites for hydroxylation is 1. The molecule has 8 nitrogen and oxygen atoms in total. The second kappa shape index (κ2) is 11.1. The van der Waals surface area contributed by atoms with Gasteiger partial charge in [0.05, 0.1) is 25.5 Å². The number of quaternary nitrogens is 1. The number of aromatic nitrogens is 2. The van der Waals surface area contributed by atoms with Gasteiger partial charge in [-0.1, -0.05) is 11.6 Å². The number of carbonyl (C=O) groups excluding carboxylic acids is 1. The van der Waals surface area contributed by atoms with E-state index < -0.39 is 0 Å². The van der Waals surface area contributed by atoms with Crippen molar-refractivity contribution in [1.29, 1.82) is 0 Å². The lowest BCUT2D eigenvalue weighted by Crippen LogP contribution is -2.61. The highest BCUT2D eigenvalue weighted by Gasteiger charge is 2.35. The Hall–Kier alpha value is -3.07. The van der Waals surface area contributed by atoms with Crippen LogP contribution in [0.2, 0.25) is 5.02 Å². The second-order valence-electron chi connectivity index (χ2n) is 8.89. The first-order chi connectivity index (χ1) is 16.9. The third kappa shape index (κ3) is 5.96. The van der Waals surface area contributed by atoms with Gasteiger partial charge in [0.2, 0.25) is 0 Å². The summed E-state index contributed by atoms with van der Waals surface area (Å²) in [4.78, 5) is 12.6. The van der Waals surface area contributed by atoms with Crippen LogP contribution in [-0.2, 0) is 11.8 Å². The fourth-order valence-electron chi connectivity index (χ4n) is 4.54. The largest absolute Gasteiger partial charge is 0.487 e. The van der Waals surface area contributed by atoms with E-state index in [-0.39, 0.29) is 6.03 Å². The molecule has 1 unspecified atom stereocenters. The smallest absolute Gasteiger partial charge is 0.323 e. The van der Waals surface area contributed by atoms with Gasteiger partial charge in [0, 0.05) is 35.2 Å². The molecule has 1 aromatic heterocycles. The number of amides is 2. The third-order valence-electron chi connectivity index (χ3n) is 6.84. The number of hydrogen-bond acceptors (Lipinski definition) is 4. The Bertz CT molecular complexity index is 1140. The lowest BCUT2D eigenvalue weighted by Gasteiger charge is -2.45. The van der Waals surface area contributed by atoms with E-state index >= 15 is 0 Å². The molecular weight excluding hydrogens is 466 g/mol. The Morgan fingerprint density at radius 2 is 1.83 bits per heavy atom. The normalized spacial score (nSPS) is 15.9. The number of nitrogens with one attached hydrogen (secondary N) is 2. The molecule has 0 bridgehead atoms. The number of hydrogen-bond donors (Lipinski definition) is 2. The SMILES string of the molecule is CC[N+]1(C(C)COc2ccc(NC(=O)Nc3ccc(Cl)cc3)cc2-c2ccnn2C)CCOCC1. The van der Waals surface area contributed by atoms with Crippen LogP contribution >= 0.6 is 11.6 Å². The van der Waals surface area contributed by atoms with Crippen LogP contribution in [0.3, 0.4) is 0 Å². The van der Waals surface area contributed by atoms with Crippen molar-refractivity contribution in [2.75, 3.05) is 50.1 Å². The van der Waals surface area contributed by atoms with E-state index in [9.17, 15) is 4.79 Å². The van der Waals surface area contributed by atoms with Crippen LogP contribution in [0.1, 0.15) is 13.8 Å². The monoisotopic (exact) mass is 498 g/mol. The molecule has 1 saturated heterocycles. The van der Waals surface area contributed by atoms with Crippen LogP contribution in [0.25, 0.3) is 11.3 Å². The molecule has 2 amide bonds. The average molecular weight is 499 g/mol. The summed E-state index contributed by atoms with van der Waals surface area (Å²) in [5.41, 5.74) is 3.08. The van der Waals surface area contributed by atoms with E-state index in [1.54, 1.807) is 35.1 Å². The summed E-state index contributed by atoms with van der Waals surface area (Å²) in [7, 11) is 1.89. The number of halogens is 1. The van der Waals surface area contributed by atoms with Gasteiger partial charge in [-0.2, -0.15) is 5.10 Å². The highest BCUT2D eigenvalue weighted by molar-refractivity contribution is 6.30. The van der Waals surface area contributed by atoms with Crippen molar-refractivity contribution in [3.8, 4) is 17.0 Å². The summed E-state index contributed by atoms with van der Waals surface area (Å²) in [5, 5.41) is 10.6. The van der Waals surface area contributed by atoms with Crippen LogP contribution < -0.4 is 15.4 Å². The number of morpholine rings is 1. The molecule has 2 heterocycles. The zero-order chi connectivity index (χ0) is 24.8. The fourth-order valence-corrected chi connectivity index (χ4v) is 4.67. The van der Waals surface area contributed by atoms with Gasteiger partial charge in [-0.3, -0.25) is 4.68 Å². The van der Waals surface area contributed by atoms with Crippen LogP contribution in [0, 0.1) is 0 Å². The summed E-state index contributed by atoms with van der Waals surface area (Å²) in [6, 6.07) is 14.5. The first-order valence-electron chi connectivity index (χ1n) is 11.9. The van der Waals surface area contributed by atoms with Crippen LogP contribution in [0.5, 0.6) is 5.75 Å². The Labute approximate surface area is 211 Å². The lowest BCUT2D eigenvalue weighted by molar-refractivity contribution is -0.954. The third-order valence-corrected chi connectivity index (χ3v) is 7.10. The number of ether oxygens (including phenoxy) is 2. The molecule has 9 heteroatoms. The quantitative estimate of drug-likeness (QED) is 0.427. The zero-order valence-electron chi connectivity index (χ0n) is 20.5. The molecule has 1 fully saturated rings. The van der Waals surface area contributed by atoms with E-state index in [1.165, 1.54) is 0 Å². The van der Waals surface area contributed by atoms with Crippen molar-refractivity contribution < 1.29 is 18.8 Å². The highest BCUT2D eigenvalue weighted by Crippen LogP contribution is 2.33. The molecule has 0 radical (unpaired) electrons. The van der Waals surface area contributed by atoms with Gasteiger partial charge in [0.25, 0.3) is 0 Å². The number of nitrogens with zero attached hydrogens (tertiary/aromatic N) is 3. The first kappa shape index (κ1) is 25.0. The summed E-state index contributed by atoms with van der Waals surface area (Å²) in [6.07, 6.45) is 1.75. The summed E-state index contributed by atoms with van der Waals surface area (Å²) >= 11 is 5.92. The van der Waals surface area contributed by atoms with Gasteiger partial charge in [-0.15, -0.1) is 0 Å². The molecule has 35 heavy (non-hydrogen) atoms. The number of carbonyl (C=O) groups is 1. The molecule has 1 atom stereocenters. The first-order valence-corrected chi connectivity index (χ1v) is 12.3. The Morgan fingerprint density at radius 3 is 2.49 bits per heavy atom. The topological polar surface area (TPSA) is 77.4 Å². The minimum Gasteiger partial charge on any atom is -0.487 e. The average Bonchev–Trinajstić information content (AvgIpc) is 3.30. The van der Waals surface area contributed by atoms with E-state index in [2.05, 4.69) is 29.6 Å². The Kier molecular flexibility index (Phi) is 7.95. The van der Waals surface area contributed by atoms with E-state index in [1.807, 2.05) is 31.3 Å². The Morgan fingerprint density at radius 1 is 1.14 bits per heavy atom. The van der Waals surface area contributed by atoms with Gasteiger partial charge >= 0.3 is 6.03 Å². The molecule has 3 aromatic rings. The zero-order valence-corrected chi connectivity index (χ0v) is 21.2. The standard InChI is InChI=1S/C26H32ClN5O3/c1-4-32(13-15-34-16-14-32)19(2)18-35-25-10-9-22(17-23(25)24-11-12-28-31(24)3)30-26(33)29-21-7-5-20(27)6-8-21/h5-12,17,19H,4,13-16,18H2,1-3H3,(H-,29,30,33)/p+1. The molecule has 186 valence electrons. The predicted octanol–water partition coefficient (Wildman–Crippen LogP) is 5.02. The molecule has 0 saturated carbocycles. The van der Waals surface area contributed by atoms with Crippen molar-refractivity contribution in [1.82, 2.24) is 9.78 Å². The number of benzene rings is 2. The van der Waals surface area contributed by atoms with Gasteiger partial charge in [0.15, 0.2) is 0 Å². The molecule has 0 spiro atoms.